The minimum Gasteiger partial charge on any atom is -0.465 e. The smallest absolute Gasteiger partial charge is 0.344 e. The number of hydrogen-bond donors (Lipinski definition) is 0. The highest BCUT2D eigenvalue weighted by Crippen LogP contribution is 2.05. The molecule has 0 spiro atoms. The van der Waals surface area contributed by atoms with Gasteiger partial charge < -0.3 is 14.3 Å². The number of carbonyl (C=O) groups excluding carboxylic acids is 3. The number of hydrogen-bond acceptors (Lipinski definition) is 5. The van der Waals surface area contributed by atoms with E-state index in [0.717, 1.165) is 14.2 Å². The van der Waals surface area contributed by atoms with Gasteiger partial charge in [-0.1, -0.05) is 13.0 Å². The Morgan fingerprint density at radius 2 is 1.57 bits per heavy atom. The summed E-state index contributed by atoms with van der Waals surface area (Å²) in [5, 5.41) is 0. The quantitative estimate of drug-likeness (QED) is 0.211. The van der Waals surface area contributed by atoms with Crippen LogP contribution in [-0.4, -0.2) is 32.4 Å². The topological polar surface area (TPSA) is 69.7 Å². The fourth-order valence-corrected chi connectivity index (χ4v) is 0.742. The summed E-state index contributed by atoms with van der Waals surface area (Å²) in [6.07, 6.45) is 1.80. The highest BCUT2D eigenvalue weighted by atomic mass is 16.5. The van der Waals surface area contributed by atoms with Crippen LogP contribution >= 0.6 is 0 Å². The van der Waals surface area contributed by atoms with E-state index in [2.05, 4.69) is 9.47 Å². The van der Waals surface area contributed by atoms with E-state index >= 15 is 0 Å². The largest absolute Gasteiger partial charge is 0.465 e. The molecule has 0 aliphatic carbocycles. The molecule has 14 heavy (non-hydrogen) atoms. The lowest BCUT2D eigenvalue weighted by Gasteiger charge is -2.03. The van der Waals surface area contributed by atoms with Gasteiger partial charge in [-0.25, -0.2) is 9.59 Å². The number of methoxy groups -OCH3 is 2. The average Bonchev–Trinajstić information content (AvgIpc) is 2.23. The van der Waals surface area contributed by atoms with Gasteiger partial charge in [-0.05, 0) is 0 Å². The Kier molecular flexibility index (Phi) is 5.21. The normalized spacial score (nSPS) is 11.1. The van der Waals surface area contributed by atoms with Crippen LogP contribution in [0.2, 0.25) is 0 Å². The molecule has 0 saturated heterocycles. The van der Waals surface area contributed by atoms with Gasteiger partial charge in [-0.2, -0.15) is 0 Å². The van der Waals surface area contributed by atoms with Crippen LogP contribution in [-0.2, 0) is 23.9 Å². The zero-order chi connectivity index (χ0) is 11.1. The Morgan fingerprint density at radius 1 is 1.14 bits per heavy atom. The molecule has 0 N–H and O–H groups in total. The standard InChI is InChI=1S/C9H12O5/c1-6(5-10)4-7(8(11)13-2)9(12)14-3/h4-6H,1-3H3. The Balaban J connectivity index is 4.89. The third-order valence-electron chi connectivity index (χ3n) is 1.45. The summed E-state index contributed by atoms with van der Waals surface area (Å²) in [7, 11) is 2.29. The first-order chi connectivity index (χ1) is 6.56. The molecule has 0 saturated carbocycles. The molecule has 0 aliphatic heterocycles. The van der Waals surface area contributed by atoms with Crippen molar-refractivity contribution in [1.29, 1.82) is 0 Å². The molecule has 5 nitrogen and oxygen atoms in total. The maximum atomic E-state index is 11.1. The first-order valence-corrected chi connectivity index (χ1v) is 3.90. The second-order valence-corrected chi connectivity index (χ2v) is 2.56. The summed E-state index contributed by atoms with van der Waals surface area (Å²) in [5.41, 5.74) is -0.269. The van der Waals surface area contributed by atoms with Gasteiger partial charge in [-0.15, -0.1) is 0 Å². The van der Waals surface area contributed by atoms with E-state index < -0.39 is 17.9 Å². The molecule has 0 radical (unpaired) electrons. The molecule has 0 fully saturated rings. The molecule has 5 heteroatoms. The Morgan fingerprint density at radius 3 is 1.86 bits per heavy atom. The zero-order valence-electron chi connectivity index (χ0n) is 8.27. The lowest BCUT2D eigenvalue weighted by atomic mass is 10.1. The van der Waals surface area contributed by atoms with Crippen LogP contribution in [0.1, 0.15) is 6.92 Å². The van der Waals surface area contributed by atoms with Crippen LogP contribution in [0.4, 0.5) is 0 Å². The number of allylic oxidation sites excluding steroid dienone is 1. The molecule has 0 aromatic rings. The van der Waals surface area contributed by atoms with Gasteiger partial charge in [0, 0.05) is 5.92 Å². The van der Waals surface area contributed by atoms with Crippen LogP contribution in [0, 0.1) is 5.92 Å². The number of esters is 2. The minimum absolute atomic E-state index is 0.269. The average molecular weight is 200 g/mol. The van der Waals surface area contributed by atoms with Crippen molar-refractivity contribution in [2.45, 2.75) is 6.92 Å². The number of aldehydes is 1. The predicted octanol–water partition coefficient (Wildman–Crippen LogP) is 0.0938. The third-order valence-corrected chi connectivity index (χ3v) is 1.45. The van der Waals surface area contributed by atoms with Gasteiger partial charge in [-0.3, -0.25) is 0 Å². The highest BCUT2D eigenvalue weighted by molar-refractivity contribution is 6.14. The van der Waals surface area contributed by atoms with Crippen LogP contribution in [0.25, 0.3) is 0 Å². The highest BCUT2D eigenvalue weighted by Gasteiger charge is 2.20. The number of rotatable bonds is 4. The van der Waals surface area contributed by atoms with E-state index in [0.29, 0.717) is 6.29 Å². The summed E-state index contributed by atoms with van der Waals surface area (Å²) < 4.78 is 8.71. The third kappa shape index (κ3) is 3.38. The van der Waals surface area contributed by atoms with Gasteiger partial charge >= 0.3 is 11.9 Å². The maximum Gasteiger partial charge on any atom is 0.344 e. The molecular formula is C9H12O5. The molecule has 0 aromatic heterocycles. The van der Waals surface area contributed by atoms with Gasteiger partial charge in [0.15, 0.2) is 0 Å². The second-order valence-electron chi connectivity index (χ2n) is 2.56. The van der Waals surface area contributed by atoms with E-state index in [4.69, 9.17) is 0 Å². The van der Waals surface area contributed by atoms with Gasteiger partial charge in [0.2, 0.25) is 0 Å². The summed E-state index contributed by atoms with van der Waals surface area (Å²) in [4.78, 5) is 32.4. The van der Waals surface area contributed by atoms with Crippen molar-refractivity contribution in [3.63, 3.8) is 0 Å². The van der Waals surface area contributed by atoms with E-state index in [1.165, 1.54) is 6.08 Å². The van der Waals surface area contributed by atoms with Crippen molar-refractivity contribution in [2.24, 2.45) is 5.92 Å². The van der Waals surface area contributed by atoms with Crippen molar-refractivity contribution in [3.8, 4) is 0 Å². The van der Waals surface area contributed by atoms with E-state index in [1.807, 2.05) is 0 Å². The first kappa shape index (κ1) is 12.3. The van der Waals surface area contributed by atoms with Crippen LogP contribution in [0.3, 0.4) is 0 Å². The molecule has 0 heterocycles. The fourth-order valence-electron chi connectivity index (χ4n) is 0.742. The molecule has 0 aromatic carbocycles. The van der Waals surface area contributed by atoms with Crippen molar-refractivity contribution >= 4 is 18.2 Å². The van der Waals surface area contributed by atoms with Crippen molar-refractivity contribution in [2.75, 3.05) is 14.2 Å². The molecule has 0 rings (SSSR count). The lowest BCUT2D eigenvalue weighted by Crippen LogP contribution is -2.17. The molecule has 1 atom stereocenters. The summed E-state index contributed by atoms with van der Waals surface area (Å²) in [6.45, 7) is 1.54. The predicted molar refractivity (Wildman–Crippen MR) is 47.3 cm³/mol. The molecule has 0 bridgehead atoms. The van der Waals surface area contributed by atoms with E-state index in [1.54, 1.807) is 6.92 Å². The fraction of sp³-hybridized carbons (Fsp3) is 0.444. The summed E-state index contributed by atoms with van der Waals surface area (Å²) in [5.74, 6) is -2.17. The summed E-state index contributed by atoms with van der Waals surface area (Å²) in [6, 6.07) is 0. The van der Waals surface area contributed by atoms with Crippen molar-refractivity contribution < 1.29 is 23.9 Å². The molecule has 0 amide bonds. The maximum absolute atomic E-state index is 11.1. The van der Waals surface area contributed by atoms with Crippen LogP contribution in [0.15, 0.2) is 11.6 Å². The van der Waals surface area contributed by atoms with E-state index in [-0.39, 0.29) is 5.57 Å². The Hall–Kier alpha value is -1.65. The Bertz CT molecular complexity index is 248. The first-order valence-electron chi connectivity index (χ1n) is 3.90. The van der Waals surface area contributed by atoms with Gasteiger partial charge in [0.05, 0.1) is 14.2 Å². The minimum atomic E-state index is -0.814. The Labute approximate surface area is 81.7 Å². The van der Waals surface area contributed by atoms with Crippen molar-refractivity contribution in [1.82, 2.24) is 0 Å². The molecule has 78 valence electrons. The van der Waals surface area contributed by atoms with Gasteiger partial charge in [0.25, 0.3) is 0 Å². The van der Waals surface area contributed by atoms with Crippen LogP contribution < -0.4 is 0 Å². The van der Waals surface area contributed by atoms with Crippen molar-refractivity contribution in [3.05, 3.63) is 11.6 Å². The van der Waals surface area contributed by atoms with E-state index in [9.17, 15) is 14.4 Å². The SMILES string of the molecule is COC(=O)C(=CC(C)C=O)C(=O)OC. The second kappa shape index (κ2) is 5.90. The molecular weight excluding hydrogens is 188 g/mol. The number of ether oxygens (including phenoxy) is 2. The van der Waals surface area contributed by atoms with Gasteiger partial charge in [0.1, 0.15) is 11.9 Å². The zero-order valence-corrected chi connectivity index (χ0v) is 8.27. The number of carbonyl (C=O) groups is 3. The molecule has 0 aliphatic rings. The lowest BCUT2D eigenvalue weighted by molar-refractivity contribution is -0.144. The monoisotopic (exact) mass is 200 g/mol. The molecule has 1 unspecified atom stereocenters. The summed E-state index contributed by atoms with van der Waals surface area (Å²) >= 11 is 0. The van der Waals surface area contributed by atoms with Crippen LogP contribution in [0.5, 0.6) is 0 Å².